The predicted molar refractivity (Wildman–Crippen MR) is 48.8 cm³/mol. The van der Waals surface area contributed by atoms with E-state index in [0.717, 1.165) is 25.5 Å². The summed E-state index contributed by atoms with van der Waals surface area (Å²) < 4.78 is 26.4. The van der Waals surface area contributed by atoms with Crippen molar-refractivity contribution in [1.82, 2.24) is 0 Å². The molecule has 0 aromatic carbocycles. The van der Waals surface area contributed by atoms with Crippen molar-refractivity contribution in [2.75, 3.05) is 6.26 Å². The summed E-state index contributed by atoms with van der Waals surface area (Å²) in [6.45, 7) is 0. The normalized spacial score (nSPS) is 31.2. The van der Waals surface area contributed by atoms with Crippen molar-refractivity contribution in [2.45, 2.75) is 44.3 Å². The van der Waals surface area contributed by atoms with Gasteiger partial charge >= 0.3 is 0 Å². The molecule has 4 nitrogen and oxygen atoms in total. The summed E-state index contributed by atoms with van der Waals surface area (Å²) in [6.07, 6.45) is 4.05. The number of aliphatic hydroxyl groups is 1. The number of aliphatic hydroxyl groups excluding tert-OH is 1. The maximum absolute atomic E-state index is 10.8. The fraction of sp³-hybridized carbons (Fsp3) is 1.00. The first-order valence-corrected chi connectivity index (χ1v) is 6.37. The van der Waals surface area contributed by atoms with Crippen LogP contribution in [0.1, 0.15) is 32.1 Å². The van der Waals surface area contributed by atoms with E-state index in [1.54, 1.807) is 0 Å². The first-order chi connectivity index (χ1) is 5.99. The van der Waals surface area contributed by atoms with Crippen molar-refractivity contribution in [2.24, 2.45) is 0 Å². The van der Waals surface area contributed by atoms with Gasteiger partial charge in [-0.2, -0.15) is 8.42 Å². The second kappa shape index (κ2) is 4.39. The predicted octanol–water partition coefficient (Wildman–Crippen LogP) is 0.656. The highest BCUT2D eigenvalue weighted by Crippen LogP contribution is 2.21. The Labute approximate surface area is 79.0 Å². The Kier molecular flexibility index (Phi) is 3.70. The van der Waals surface area contributed by atoms with Gasteiger partial charge in [-0.3, -0.25) is 4.18 Å². The van der Waals surface area contributed by atoms with Crippen LogP contribution < -0.4 is 0 Å². The molecule has 0 bridgehead atoms. The van der Waals surface area contributed by atoms with Crippen LogP contribution in [-0.2, 0) is 14.3 Å². The van der Waals surface area contributed by atoms with Gasteiger partial charge in [-0.25, -0.2) is 0 Å². The molecule has 1 saturated carbocycles. The molecule has 1 rings (SSSR count). The molecule has 0 aromatic heterocycles. The lowest BCUT2D eigenvalue weighted by atomic mass is 10.1. The lowest BCUT2D eigenvalue weighted by Gasteiger charge is -2.18. The third kappa shape index (κ3) is 4.06. The average molecular weight is 208 g/mol. The molecular weight excluding hydrogens is 192 g/mol. The van der Waals surface area contributed by atoms with Crippen LogP contribution in [0.25, 0.3) is 0 Å². The number of hydrogen-bond acceptors (Lipinski definition) is 4. The van der Waals surface area contributed by atoms with E-state index < -0.39 is 22.3 Å². The van der Waals surface area contributed by atoms with E-state index in [2.05, 4.69) is 0 Å². The molecular formula is C8H16O4S. The highest BCUT2D eigenvalue weighted by molar-refractivity contribution is 7.86. The van der Waals surface area contributed by atoms with Crippen LogP contribution in [-0.4, -0.2) is 32.0 Å². The highest BCUT2D eigenvalue weighted by Gasteiger charge is 2.25. The SMILES string of the molecule is CS(=O)(=O)OC1CCCCCC1O. The molecule has 2 unspecified atom stereocenters. The Bertz CT molecular complexity index is 247. The average Bonchev–Trinajstić information content (AvgIpc) is 2.14. The van der Waals surface area contributed by atoms with Crippen LogP contribution in [0.15, 0.2) is 0 Å². The molecule has 1 aliphatic rings. The van der Waals surface area contributed by atoms with E-state index in [-0.39, 0.29) is 0 Å². The summed E-state index contributed by atoms with van der Waals surface area (Å²) in [5.41, 5.74) is 0. The summed E-state index contributed by atoms with van der Waals surface area (Å²) in [5.74, 6) is 0. The van der Waals surface area contributed by atoms with Gasteiger partial charge in [-0.15, -0.1) is 0 Å². The second-order valence-corrected chi connectivity index (χ2v) is 5.14. The van der Waals surface area contributed by atoms with Gasteiger partial charge in [0.2, 0.25) is 0 Å². The van der Waals surface area contributed by atoms with Crippen LogP contribution in [0.5, 0.6) is 0 Å². The molecule has 1 fully saturated rings. The quantitative estimate of drug-likeness (QED) is 0.535. The number of rotatable bonds is 2. The molecule has 0 amide bonds. The Morgan fingerprint density at radius 2 is 1.85 bits per heavy atom. The minimum Gasteiger partial charge on any atom is -0.390 e. The monoisotopic (exact) mass is 208 g/mol. The van der Waals surface area contributed by atoms with E-state index in [0.29, 0.717) is 12.8 Å². The lowest BCUT2D eigenvalue weighted by molar-refractivity contribution is 0.0365. The third-order valence-electron chi connectivity index (χ3n) is 2.22. The minimum absolute atomic E-state index is 0.530. The van der Waals surface area contributed by atoms with Crippen molar-refractivity contribution in [3.8, 4) is 0 Å². The molecule has 0 aromatic rings. The third-order valence-corrected chi connectivity index (χ3v) is 2.81. The van der Waals surface area contributed by atoms with Gasteiger partial charge in [0.05, 0.1) is 12.4 Å². The summed E-state index contributed by atoms with van der Waals surface area (Å²) in [5, 5.41) is 9.52. The molecule has 0 heterocycles. The topological polar surface area (TPSA) is 63.6 Å². The van der Waals surface area contributed by atoms with Gasteiger partial charge in [0.25, 0.3) is 10.1 Å². The van der Waals surface area contributed by atoms with Crippen LogP contribution in [0.2, 0.25) is 0 Å². The zero-order valence-corrected chi connectivity index (χ0v) is 8.59. The summed E-state index contributed by atoms with van der Waals surface area (Å²) in [7, 11) is -3.43. The zero-order valence-electron chi connectivity index (χ0n) is 7.77. The molecule has 2 atom stereocenters. The summed E-state index contributed by atoms with van der Waals surface area (Å²) >= 11 is 0. The van der Waals surface area contributed by atoms with Gasteiger partial charge < -0.3 is 5.11 Å². The lowest BCUT2D eigenvalue weighted by Crippen LogP contribution is -2.29. The second-order valence-electron chi connectivity index (χ2n) is 3.54. The highest BCUT2D eigenvalue weighted by atomic mass is 32.2. The largest absolute Gasteiger partial charge is 0.390 e. The fourth-order valence-corrected chi connectivity index (χ4v) is 2.26. The minimum atomic E-state index is -3.43. The molecule has 0 radical (unpaired) electrons. The van der Waals surface area contributed by atoms with E-state index in [1.165, 1.54) is 0 Å². The molecule has 1 N–H and O–H groups in total. The van der Waals surface area contributed by atoms with Crippen molar-refractivity contribution in [3.05, 3.63) is 0 Å². The first-order valence-electron chi connectivity index (χ1n) is 4.55. The van der Waals surface area contributed by atoms with E-state index >= 15 is 0 Å². The smallest absolute Gasteiger partial charge is 0.264 e. The van der Waals surface area contributed by atoms with Gasteiger partial charge in [-0.1, -0.05) is 19.3 Å². The van der Waals surface area contributed by atoms with Crippen molar-refractivity contribution >= 4 is 10.1 Å². The standard InChI is InChI=1S/C8H16O4S/c1-13(10,11)12-8-6-4-2-3-5-7(8)9/h7-9H,2-6H2,1H3. The molecule has 78 valence electrons. The van der Waals surface area contributed by atoms with Crippen LogP contribution in [0, 0.1) is 0 Å². The molecule has 5 heteroatoms. The van der Waals surface area contributed by atoms with Crippen molar-refractivity contribution < 1.29 is 17.7 Å². The maximum Gasteiger partial charge on any atom is 0.264 e. The zero-order chi connectivity index (χ0) is 9.90. The van der Waals surface area contributed by atoms with Crippen LogP contribution >= 0.6 is 0 Å². The van der Waals surface area contributed by atoms with E-state index in [1.807, 2.05) is 0 Å². The van der Waals surface area contributed by atoms with Gasteiger partial charge in [0.15, 0.2) is 0 Å². The first kappa shape index (κ1) is 10.9. The van der Waals surface area contributed by atoms with Crippen molar-refractivity contribution in [3.63, 3.8) is 0 Å². The molecule has 1 aliphatic carbocycles. The summed E-state index contributed by atoms with van der Waals surface area (Å²) in [4.78, 5) is 0. The Morgan fingerprint density at radius 1 is 1.23 bits per heavy atom. The van der Waals surface area contributed by atoms with Crippen molar-refractivity contribution in [1.29, 1.82) is 0 Å². The molecule has 0 saturated heterocycles. The molecule has 13 heavy (non-hydrogen) atoms. The van der Waals surface area contributed by atoms with Crippen LogP contribution in [0.4, 0.5) is 0 Å². The summed E-state index contributed by atoms with van der Waals surface area (Å²) in [6, 6.07) is 0. The van der Waals surface area contributed by atoms with Gasteiger partial charge in [0.1, 0.15) is 6.10 Å². The number of hydrogen-bond donors (Lipinski definition) is 1. The Balaban J connectivity index is 2.55. The fourth-order valence-electron chi connectivity index (χ4n) is 1.59. The Morgan fingerprint density at radius 3 is 2.46 bits per heavy atom. The van der Waals surface area contributed by atoms with Gasteiger partial charge in [-0.05, 0) is 12.8 Å². The van der Waals surface area contributed by atoms with E-state index in [9.17, 15) is 13.5 Å². The maximum atomic E-state index is 10.8. The Hall–Kier alpha value is -0.130. The van der Waals surface area contributed by atoms with Crippen LogP contribution in [0.3, 0.4) is 0 Å². The van der Waals surface area contributed by atoms with Gasteiger partial charge in [0, 0.05) is 0 Å². The molecule has 0 spiro atoms. The molecule has 0 aliphatic heterocycles. The van der Waals surface area contributed by atoms with E-state index in [4.69, 9.17) is 4.18 Å².